The number of amides is 1. The molecular formula is C23H32N4O. The van der Waals surface area contributed by atoms with E-state index in [9.17, 15) is 4.79 Å². The minimum atomic E-state index is 0.277. The summed E-state index contributed by atoms with van der Waals surface area (Å²) in [5, 5.41) is 0. The standard InChI is InChI=1S/C23H32N4O/c1-5-7-22(28)26-12-6-13-27(15-14-26)23-21(18(3)24-19(4)25-23)16-20-10-8-17(2)9-11-20/h8-11H,5-7,12-16H2,1-4H3. The van der Waals surface area contributed by atoms with Gasteiger partial charge < -0.3 is 9.80 Å². The van der Waals surface area contributed by atoms with Crippen molar-refractivity contribution in [3.63, 3.8) is 0 Å². The topological polar surface area (TPSA) is 49.3 Å². The summed E-state index contributed by atoms with van der Waals surface area (Å²) in [6.45, 7) is 11.6. The Morgan fingerprint density at radius 1 is 1.00 bits per heavy atom. The highest BCUT2D eigenvalue weighted by molar-refractivity contribution is 5.76. The van der Waals surface area contributed by atoms with Crippen molar-refractivity contribution in [1.29, 1.82) is 0 Å². The Kier molecular flexibility index (Phi) is 6.65. The van der Waals surface area contributed by atoms with E-state index in [-0.39, 0.29) is 5.91 Å². The van der Waals surface area contributed by atoms with Crippen molar-refractivity contribution in [3.05, 3.63) is 52.5 Å². The van der Waals surface area contributed by atoms with Crippen LogP contribution in [0.1, 0.15) is 54.4 Å². The van der Waals surface area contributed by atoms with Gasteiger partial charge in [-0.15, -0.1) is 0 Å². The lowest BCUT2D eigenvalue weighted by Crippen LogP contribution is -2.35. The quantitative estimate of drug-likeness (QED) is 0.791. The first-order chi connectivity index (χ1) is 13.5. The summed E-state index contributed by atoms with van der Waals surface area (Å²) in [6, 6.07) is 8.68. The molecule has 1 saturated heterocycles. The molecule has 2 aromatic rings. The van der Waals surface area contributed by atoms with Gasteiger partial charge in [-0.1, -0.05) is 36.8 Å². The van der Waals surface area contributed by atoms with Crippen LogP contribution in [0.2, 0.25) is 0 Å². The van der Waals surface area contributed by atoms with E-state index >= 15 is 0 Å². The molecule has 1 aromatic heterocycles. The molecule has 0 spiro atoms. The maximum absolute atomic E-state index is 12.3. The Hall–Kier alpha value is -2.43. The Balaban J connectivity index is 1.84. The first-order valence-electron chi connectivity index (χ1n) is 10.4. The average Bonchev–Trinajstić information content (AvgIpc) is 2.92. The zero-order valence-electron chi connectivity index (χ0n) is 17.7. The van der Waals surface area contributed by atoms with Crippen LogP contribution in [0.3, 0.4) is 0 Å². The van der Waals surface area contributed by atoms with Gasteiger partial charge in [0.2, 0.25) is 5.91 Å². The molecule has 1 aromatic carbocycles. The molecule has 150 valence electrons. The number of rotatable bonds is 5. The summed E-state index contributed by atoms with van der Waals surface area (Å²) in [4.78, 5) is 26.2. The minimum Gasteiger partial charge on any atom is -0.354 e. The molecule has 5 heteroatoms. The van der Waals surface area contributed by atoms with E-state index < -0.39 is 0 Å². The fraction of sp³-hybridized carbons (Fsp3) is 0.522. The van der Waals surface area contributed by atoms with Gasteiger partial charge in [0.25, 0.3) is 0 Å². The maximum Gasteiger partial charge on any atom is 0.222 e. The molecule has 1 aliphatic heterocycles. The third-order valence-corrected chi connectivity index (χ3v) is 5.42. The van der Waals surface area contributed by atoms with Gasteiger partial charge in [0.05, 0.1) is 0 Å². The number of aryl methyl sites for hydroxylation is 3. The SMILES string of the molecule is CCCC(=O)N1CCCN(c2nc(C)nc(C)c2Cc2ccc(C)cc2)CC1. The highest BCUT2D eigenvalue weighted by Gasteiger charge is 2.22. The molecule has 28 heavy (non-hydrogen) atoms. The van der Waals surface area contributed by atoms with Crippen LogP contribution in [0.25, 0.3) is 0 Å². The second kappa shape index (κ2) is 9.18. The molecule has 1 aliphatic rings. The zero-order chi connectivity index (χ0) is 20.1. The van der Waals surface area contributed by atoms with Crippen molar-refractivity contribution in [1.82, 2.24) is 14.9 Å². The molecule has 0 unspecified atom stereocenters. The van der Waals surface area contributed by atoms with Crippen LogP contribution in [0, 0.1) is 20.8 Å². The van der Waals surface area contributed by atoms with Crippen molar-refractivity contribution in [2.75, 3.05) is 31.1 Å². The van der Waals surface area contributed by atoms with Crippen molar-refractivity contribution < 1.29 is 4.79 Å². The number of carbonyl (C=O) groups excluding carboxylic acids is 1. The third-order valence-electron chi connectivity index (χ3n) is 5.42. The number of aromatic nitrogens is 2. The summed E-state index contributed by atoms with van der Waals surface area (Å²) in [5.41, 5.74) is 4.79. The van der Waals surface area contributed by atoms with Crippen LogP contribution in [0.5, 0.6) is 0 Å². The van der Waals surface area contributed by atoms with Gasteiger partial charge in [-0.05, 0) is 39.2 Å². The van der Waals surface area contributed by atoms with Crippen LogP contribution in [0.4, 0.5) is 5.82 Å². The molecule has 0 saturated carbocycles. The van der Waals surface area contributed by atoms with Crippen molar-refractivity contribution in [3.8, 4) is 0 Å². The maximum atomic E-state index is 12.3. The number of hydrogen-bond acceptors (Lipinski definition) is 4. The van der Waals surface area contributed by atoms with E-state index in [1.807, 2.05) is 11.8 Å². The van der Waals surface area contributed by atoms with Crippen LogP contribution in [0.15, 0.2) is 24.3 Å². The van der Waals surface area contributed by atoms with Crippen molar-refractivity contribution in [2.45, 2.75) is 53.4 Å². The Morgan fingerprint density at radius 2 is 1.75 bits per heavy atom. The molecule has 3 rings (SSSR count). The molecule has 5 nitrogen and oxygen atoms in total. The van der Waals surface area contributed by atoms with E-state index in [0.717, 1.165) is 62.8 Å². The van der Waals surface area contributed by atoms with Gasteiger partial charge in [-0.25, -0.2) is 9.97 Å². The zero-order valence-corrected chi connectivity index (χ0v) is 17.7. The van der Waals surface area contributed by atoms with E-state index in [1.54, 1.807) is 0 Å². The molecule has 0 N–H and O–H groups in total. The van der Waals surface area contributed by atoms with Crippen LogP contribution >= 0.6 is 0 Å². The highest BCUT2D eigenvalue weighted by atomic mass is 16.2. The van der Waals surface area contributed by atoms with E-state index in [2.05, 4.69) is 54.9 Å². The average molecular weight is 381 g/mol. The van der Waals surface area contributed by atoms with E-state index in [4.69, 9.17) is 4.98 Å². The Labute approximate surface area is 168 Å². The number of anilines is 1. The molecule has 0 aliphatic carbocycles. The second-order valence-electron chi connectivity index (χ2n) is 7.79. The van der Waals surface area contributed by atoms with Crippen LogP contribution < -0.4 is 4.90 Å². The predicted molar refractivity (Wildman–Crippen MR) is 114 cm³/mol. The molecule has 0 atom stereocenters. The molecule has 2 heterocycles. The third kappa shape index (κ3) is 4.89. The van der Waals surface area contributed by atoms with E-state index in [0.29, 0.717) is 6.42 Å². The predicted octanol–water partition coefficient (Wildman–Crippen LogP) is 3.83. The van der Waals surface area contributed by atoms with Gasteiger partial charge in [-0.3, -0.25) is 4.79 Å². The highest BCUT2D eigenvalue weighted by Crippen LogP contribution is 2.25. The Morgan fingerprint density at radius 3 is 2.46 bits per heavy atom. The summed E-state index contributed by atoms with van der Waals surface area (Å²) in [5.74, 6) is 2.12. The molecule has 0 bridgehead atoms. The first kappa shape index (κ1) is 20.3. The number of benzene rings is 1. The number of hydrogen-bond donors (Lipinski definition) is 0. The molecule has 1 fully saturated rings. The number of carbonyl (C=O) groups is 1. The molecule has 1 amide bonds. The Bertz CT molecular complexity index is 816. The first-order valence-corrected chi connectivity index (χ1v) is 10.4. The summed E-state index contributed by atoms with van der Waals surface area (Å²) in [6.07, 6.45) is 3.35. The van der Waals surface area contributed by atoms with Crippen LogP contribution in [-0.4, -0.2) is 47.0 Å². The monoisotopic (exact) mass is 380 g/mol. The van der Waals surface area contributed by atoms with Gasteiger partial charge >= 0.3 is 0 Å². The largest absolute Gasteiger partial charge is 0.354 e. The van der Waals surface area contributed by atoms with Crippen molar-refractivity contribution >= 4 is 11.7 Å². The fourth-order valence-electron chi connectivity index (χ4n) is 3.85. The van der Waals surface area contributed by atoms with E-state index in [1.165, 1.54) is 16.7 Å². The van der Waals surface area contributed by atoms with Gasteiger partial charge in [0.15, 0.2) is 0 Å². The lowest BCUT2D eigenvalue weighted by Gasteiger charge is -2.26. The van der Waals surface area contributed by atoms with Crippen molar-refractivity contribution in [2.24, 2.45) is 0 Å². The summed E-state index contributed by atoms with van der Waals surface area (Å²) >= 11 is 0. The lowest BCUT2D eigenvalue weighted by molar-refractivity contribution is -0.131. The van der Waals surface area contributed by atoms with Crippen LogP contribution in [-0.2, 0) is 11.2 Å². The molecule has 0 radical (unpaired) electrons. The normalized spacial score (nSPS) is 14.9. The second-order valence-corrected chi connectivity index (χ2v) is 7.79. The van der Waals surface area contributed by atoms with Gasteiger partial charge in [0.1, 0.15) is 11.6 Å². The fourth-order valence-corrected chi connectivity index (χ4v) is 3.85. The summed E-state index contributed by atoms with van der Waals surface area (Å²) < 4.78 is 0. The summed E-state index contributed by atoms with van der Waals surface area (Å²) in [7, 11) is 0. The lowest BCUT2D eigenvalue weighted by atomic mass is 10.0. The number of nitrogens with zero attached hydrogens (tertiary/aromatic N) is 4. The smallest absolute Gasteiger partial charge is 0.222 e. The molecular weight excluding hydrogens is 348 g/mol. The minimum absolute atomic E-state index is 0.277. The van der Waals surface area contributed by atoms with Gasteiger partial charge in [0, 0.05) is 50.3 Å². The van der Waals surface area contributed by atoms with Gasteiger partial charge in [-0.2, -0.15) is 0 Å².